The fourth-order valence-corrected chi connectivity index (χ4v) is 5.15. The largest absolute Gasteiger partial charge is 0.418 e. The highest BCUT2D eigenvalue weighted by Gasteiger charge is 2.33. The summed E-state index contributed by atoms with van der Waals surface area (Å²) in [4.78, 5) is 40.9. The Balaban J connectivity index is 1.61. The molecule has 0 saturated heterocycles. The number of aryl methyl sites for hydroxylation is 1. The first-order valence-corrected chi connectivity index (χ1v) is 11.7. The highest BCUT2D eigenvalue weighted by Crippen LogP contribution is 2.35. The Hall–Kier alpha value is -3.32. The maximum absolute atomic E-state index is 13.2. The van der Waals surface area contributed by atoms with Crippen molar-refractivity contribution in [3.8, 4) is 5.69 Å². The second-order valence-corrected chi connectivity index (χ2v) is 9.11. The van der Waals surface area contributed by atoms with E-state index < -0.39 is 22.6 Å². The summed E-state index contributed by atoms with van der Waals surface area (Å²) < 4.78 is 40.8. The number of anilines is 1. The topological polar surface area (TPSA) is 107 Å². The molecular formula is C21H15F3N4O4S2. The minimum absolute atomic E-state index is 0.155. The lowest BCUT2D eigenvalue weighted by Gasteiger charge is -2.15. The molecular weight excluding hydrogens is 493 g/mol. The lowest BCUT2D eigenvalue weighted by Crippen LogP contribution is -2.25. The van der Waals surface area contributed by atoms with E-state index in [1.54, 1.807) is 0 Å². The Bertz CT molecular complexity index is 1330. The molecule has 3 aromatic rings. The van der Waals surface area contributed by atoms with Crippen molar-refractivity contribution in [2.75, 3.05) is 16.8 Å². The normalized spacial score (nSPS) is 12.9. The average molecular weight is 509 g/mol. The number of nitrogens with one attached hydrogen (secondary N) is 1. The first-order valence-electron chi connectivity index (χ1n) is 9.77. The van der Waals surface area contributed by atoms with Gasteiger partial charge in [-0.2, -0.15) is 13.2 Å². The lowest BCUT2D eigenvalue weighted by atomic mass is 10.1. The van der Waals surface area contributed by atoms with E-state index in [0.29, 0.717) is 28.5 Å². The number of non-ortho nitro benzene ring substituents is 1. The van der Waals surface area contributed by atoms with Crippen LogP contribution in [-0.4, -0.2) is 31.9 Å². The quantitative estimate of drug-likeness (QED) is 0.225. The van der Waals surface area contributed by atoms with Crippen molar-refractivity contribution in [3.63, 3.8) is 0 Å². The van der Waals surface area contributed by atoms with Crippen molar-refractivity contribution >= 4 is 40.8 Å². The maximum Gasteiger partial charge on any atom is 0.418 e. The molecule has 0 unspecified atom stereocenters. The van der Waals surface area contributed by atoms with Crippen molar-refractivity contribution < 1.29 is 22.9 Å². The number of rotatable bonds is 6. The van der Waals surface area contributed by atoms with Gasteiger partial charge in [0, 0.05) is 24.3 Å². The predicted molar refractivity (Wildman–Crippen MR) is 122 cm³/mol. The number of para-hydroxylation sites is 1. The number of fused-ring (bicyclic) bond motifs is 1. The number of alkyl halides is 3. The van der Waals surface area contributed by atoms with E-state index in [9.17, 15) is 32.9 Å². The molecule has 0 bridgehead atoms. The van der Waals surface area contributed by atoms with Crippen LogP contribution in [0.5, 0.6) is 0 Å². The Morgan fingerprint density at radius 1 is 1.21 bits per heavy atom. The average Bonchev–Trinajstić information content (AvgIpc) is 3.26. The van der Waals surface area contributed by atoms with Crippen LogP contribution in [0.4, 0.5) is 24.5 Å². The number of carbonyl (C=O) groups is 1. The molecule has 1 aliphatic heterocycles. The maximum atomic E-state index is 13.2. The van der Waals surface area contributed by atoms with Crippen LogP contribution in [-0.2, 0) is 17.4 Å². The smallest absolute Gasteiger partial charge is 0.325 e. The molecule has 0 aliphatic carbocycles. The molecule has 1 aromatic heterocycles. The Labute approximate surface area is 198 Å². The summed E-state index contributed by atoms with van der Waals surface area (Å²) in [5.41, 5.74) is -0.957. The monoisotopic (exact) mass is 508 g/mol. The van der Waals surface area contributed by atoms with Crippen molar-refractivity contribution in [3.05, 3.63) is 80.3 Å². The number of thioether (sulfide) groups is 2. The second kappa shape index (κ2) is 9.50. The van der Waals surface area contributed by atoms with Crippen LogP contribution in [0.15, 0.2) is 63.4 Å². The summed E-state index contributed by atoms with van der Waals surface area (Å²) in [7, 11) is 0. The zero-order chi connectivity index (χ0) is 24.5. The molecule has 0 atom stereocenters. The third kappa shape index (κ3) is 4.94. The Morgan fingerprint density at radius 2 is 1.91 bits per heavy atom. The number of amides is 1. The van der Waals surface area contributed by atoms with Gasteiger partial charge in [0.25, 0.3) is 11.2 Å². The molecule has 13 heteroatoms. The number of carbonyl (C=O) groups excluding carboxylic acids is 1. The van der Waals surface area contributed by atoms with Gasteiger partial charge in [0.05, 0.1) is 38.2 Å². The van der Waals surface area contributed by atoms with Gasteiger partial charge in [-0.25, -0.2) is 4.98 Å². The van der Waals surface area contributed by atoms with Gasteiger partial charge in [0.15, 0.2) is 5.16 Å². The van der Waals surface area contributed by atoms with Gasteiger partial charge < -0.3 is 5.32 Å². The summed E-state index contributed by atoms with van der Waals surface area (Å²) in [6, 6.07) is 9.92. The summed E-state index contributed by atoms with van der Waals surface area (Å²) in [6.45, 7) is 0. The van der Waals surface area contributed by atoms with Crippen LogP contribution < -0.4 is 10.9 Å². The molecule has 0 fully saturated rings. The summed E-state index contributed by atoms with van der Waals surface area (Å²) in [6.07, 6.45) is -4.07. The molecule has 0 radical (unpaired) electrons. The zero-order valence-corrected chi connectivity index (χ0v) is 18.8. The van der Waals surface area contributed by atoms with E-state index in [1.165, 1.54) is 52.7 Å². The lowest BCUT2D eigenvalue weighted by molar-refractivity contribution is -0.384. The standard InChI is InChI=1S/C21H15F3N4O4S2/c22-21(23,24)14-3-1-2-4-15(14)25-17(29)11-34-20-26-16-9-10-33-18(16)19(30)27(20)12-5-7-13(8-6-12)28(31)32/h1-8H,9-11H2,(H,25,29). The van der Waals surface area contributed by atoms with Gasteiger partial charge in [-0.3, -0.25) is 24.3 Å². The number of nitrogens with zero attached hydrogens (tertiary/aromatic N) is 3. The zero-order valence-electron chi connectivity index (χ0n) is 17.2. The van der Waals surface area contributed by atoms with E-state index in [-0.39, 0.29) is 27.8 Å². The number of benzene rings is 2. The van der Waals surface area contributed by atoms with E-state index in [1.807, 2.05) is 0 Å². The van der Waals surface area contributed by atoms with Gasteiger partial charge in [-0.1, -0.05) is 23.9 Å². The summed E-state index contributed by atoms with van der Waals surface area (Å²) in [5.74, 6) is -0.348. The van der Waals surface area contributed by atoms with E-state index in [0.717, 1.165) is 23.9 Å². The third-order valence-corrected chi connectivity index (χ3v) is 6.87. The first kappa shape index (κ1) is 23.8. The summed E-state index contributed by atoms with van der Waals surface area (Å²) >= 11 is 2.24. The van der Waals surface area contributed by atoms with Crippen molar-refractivity contribution in [1.82, 2.24) is 9.55 Å². The van der Waals surface area contributed by atoms with E-state index in [4.69, 9.17) is 0 Å². The molecule has 0 saturated carbocycles. The number of nitro groups is 1. The van der Waals surface area contributed by atoms with Crippen LogP contribution in [0.2, 0.25) is 0 Å². The highest BCUT2D eigenvalue weighted by molar-refractivity contribution is 8.00. The minimum atomic E-state index is -4.63. The molecule has 2 heterocycles. The van der Waals surface area contributed by atoms with Gasteiger partial charge in [0.1, 0.15) is 0 Å². The number of nitro benzene ring substituents is 1. The number of hydrogen-bond donors (Lipinski definition) is 1. The molecule has 4 rings (SSSR count). The van der Waals surface area contributed by atoms with Crippen LogP contribution in [0.3, 0.4) is 0 Å². The molecule has 176 valence electrons. The van der Waals surface area contributed by atoms with Crippen LogP contribution in [0, 0.1) is 10.1 Å². The van der Waals surface area contributed by atoms with Gasteiger partial charge in [0.2, 0.25) is 5.91 Å². The van der Waals surface area contributed by atoms with Crippen molar-refractivity contribution in [1.29, 1.82) is 0 Å². The molecule has 34 heavy (non-hydrogen) atoms. The van der Waals surface area contributed by atoms with E-state index in [2.05, 4.69) is 10.3 Å². The molecule has 0 spiro atoms. The highest BCUT2D eigenvalue weighted by atomic mass is 32.2. The third-order valence-electron chi connectivity index (χ3n) is 4.82. The molecule has 1 aliphatic rings. The van der Waals surface area contributed by atoms with Crippen molar-refractivity contribution in [2.45, 2.75) is 22.6 Å². The number of halogens is 3. The molecule has 2 aromatic carbocycles. The van der Waals surface area contributed by atoms with Crippen LogP contribution >= 0.6 is 23.5 Å². The Kier molecular flexibility index (Phi) is 6.66. The Morgan fingerprint density at radius 3 is 2.59 bits per heavy atom. The first-order chi connectivity index (χ1) is 16.1. The van der Waals surface area contributed by atoms with Crippen molar-refractivity contribution in [2.24, 2.45) is 0 Å². The predicted octanol–water partition coefficient (Wildman–Crippen LogP) is 4.54. The van der Waals surface area contributed by atoms with Gasteiger partial charge in [-0.05, 0) is 24.3 Å². The number of aromatic nitrogens is 2. The molecule has 1 amide bonds. The SMILES string of the molecule is O=C(CSc1nc2c(c(=O)n1-c1ccc([N+](=O)[O-])cc1)SCC2)Nc1ccccc1C(F)(F)F. The fraction of sp³-hybridized carbons (Fsp3) is 0.190. The minimum Gasteiger partial charge on any atom is -0.325 e. The fourth-order valence-electron chi connectivity index (χ4n) is 3.30. The van der Waals surface area contributed by atoms with Gasteiger partial charge >= 0.3 is 6.18 Å². The second-order valence-electron chi connectivity index (χ2n) is 7.06. The molecule has 8 nitrogen and oxygen atoms in total. The van der Waals surface area contributed by atoms with Crippen LogP contribution in [0.1, 0.15) is 11.3 Å². The van der Waals surface area contributed by atoms with E-state index >= 15 is 0 Å². The van der Waals surface area contributed by atoms with Crippen LogP contribution in [0.25, 0.3) is 5.69 Å². The van der Waals surface area contributed by atoms with Gasteiger partial charge in [-0.15, -0.1) is 11.8 Å². The summed E-state index contributed by atoms with van der Waals surface area (Å²) in [5, 5.41) is 13.4. The number of hydrogen-bond acceptors (Lipinski definition) is 7. The molecule has 1 N–H and O–H groups in total.